The molecule has 4 heteroatoms. The van der Waals surface area contributed by atoms with Gasteiger partial charge in [0.15, 0.2) is 5.78 Å². The molecule has 0 spiro atoms. The lowest BCUT2D eigenvalue weighted by Gasteiger charge is -2.34. The van der Waals surface area contributed by atoms with Crippen LogP contribution in [-0.4, -0.2) is 50.1 Å². The zero-order valence-corrected chi connectivity index (χ0v) is 23.5. The fourth-order valence-corrected chi connectivity index (χ4v) is 6.06. The highest BCUT2D eigenvalue weighted by molar-refractivity contribution is 6.03. The van der Waals surface area contributed by atoms with Crippen LogP contribution in [0.2, 0.25) is 0 Å². The number of nitrogens with zero attached hydrogens (tertiary/aromatic N) is 1. The summed E-state index contributed by atoms with van der Waals surface area (Å²) in [6.45, 7) is 13.8. The fraction of sp³-hybridized carbons (Fsp3) is 0.545. The first-order valence-corrected chi connectivity index (χ1v) is 14.1. The van der Waals surface area contributed by atoms with E-state index in [4.69, 9.17) is 9.47 Å². The third-order valence-electron chi connectivity index (χ3n) is 8.75. The minimum absolute atomic E-state index is 0.190. The molecular formula is C33H43NO3. The molecule has 0 aliphatic heterocycles. The van der Waals surface area contributed by atoms with Crippen molar-refractivity contribution in [3.8, 4) is 5.75 Å². The van der Waals surface area contributed by atoms with Crippen molar-refractivity contribution in [1.82, 2.24) is 4.90 Å². The third-order valence-corrected chi connectivity index (χ3v) is 8.75. The van der Waals surface area contributed by atoms with Crippen molar-refractivity contribution in [3.63, 3.8) is 0 Å². The van der Waals surface area contributed by atoms with E-state index in [0.29, 0.717) is 25.0 Å². The molecule has 0 saturated heterocycles. The number of ketones is 1. The molecule has 3 unspecified atom stereocenters. The molecule has 1 saturated carbocycles. The van der Waals surface area contributed by atoms with Gasteiger partial charge in [-0.05, 0) is 123 Å². The highest BCUT2D eigenvalue weighted by Crippen LogP contribution is 2.55. The normalized spacial score (nSPS) is 23.8. The number of hydrogen-bond acceptors (Lipinski definition) is 4. The number of aryl methyl sites for hydroxylation is 2. The number of fused-ring (bicyclic) bond motifs is 4. The molecule has 5 rings (SSSR count). The number of carbonyl (C=O) groups is 1. The fourth-order valence-electron chi connectivity index (χ4n) is 6.06. The van der Waals surface area contributed by atoms with Gasteiger partial charge in [0.25, 0.3) is 0 Å². The predicted molar refractivity (Wildman–Crippen MR) is 151 cm³/mol. The van der Waals surface area contributed by atoms with Gasteiger partial charge in [0.1, 0.15) is 12.4 Å². The van der Waals surface area contributed by atoms with Crippen molar-refractivity contribution in [3.05, 3.63) is 69.8 Å². The molecule has 4 nitrogen and oxygen atoms in total. The molecule has 0 N–H and O–H groups in total. The average molecular weight is 502 g/mol. The lowest BCUT2D eigenvalue weighted by molar-refractivity contribution is 0.0791. The molecule has 1 fully saturated rings. The smallest absolute Gasteiger partial charge is 0.169 e. The lowest BCUT2D eigenvalue weighted by atomic mass is 9.68. The van der Waals surface area contributed by atoms with Crippen molar-refractivity contribution < 1.29 is 14.3 Å². The maximum atomic E-state index is 14.2. The molecule has 37 heavy (non-hydrogen) atoms. The number of ether oxygens (including phenoxy) is 2. The van der Waals surface area contributed by atoms with Crippen LogP contribution >= 0.6 is 0 Å². The summed E-state index contributed by atoms with van der Waals surface area (Å²) >= 11 is 0. The van der Waals surface area contributed by atoms with E-state index < -0.39 is 5.41 Å². The van der Waals surface area contributed by atoms with Gasteiger partial charge in [-0.2, -0.15) is 0 Å². The topological polar surface area (TPSA) is 38.8 Å². The summed E-state index contributed by atoms with van der Waals surface area (Å²) < 4.78 is 12.1. The molecule has 3 aliphatic rings. The average Bonchev–Trinajstić information content (AvgIpc) is 3.66. The first-order valence-electron chi connectivity index (χ1n) is 14.1. The molecule has 0 aromatic heterocycles. The second-order valence-corrected chi connectivity index (χ2v) is 12.1. The largest absolute Gasteiger partial charge is 0.492 e. The molecule has 198 valence electrons. The van der Waals surface area contributed by atoms with E-state index in [0.717, 1.165) is 49.2 Å². The van der Waals surface area contributed by atoms with Gasteiger partial charge in [-0.1, -0.05) is 32.1 Å². The summed E-state index contributed by atoms with van der Waals surface area (Å²) in [7, 11) is 2.11. The van der Waals surface area contributed by atoms with E-state index in [1.165, 1.54) is 34.2 Å². The van der Waals surface area contributed by atoms with E-state index in [-0.39, 0.29) is 11.9 Å². The van der Waals surface area contributed by atoms with Crippen molar-refractivity contribution in [2.24, 2.45) is 11.3 Å². The Hall–Kier alpha value is -2.43. The minimum atomic E-state index is -0.415. The van der Waals surface area contributed by atoms with Crippen molar-refractivity contribution in [1.29, 1.82) is 0 Å². The van der Waals surface area contributed by atoms with Crippen molar-refractivity contribution in [2.75, 3.05) is 33.4 Å². The van der Waals surface area contributed by atoms with Crippen LogP contribution in [0.15, 0.2) is 36.4 Å². The van der Waals surface area contributed by atoms with Crippen LogP contribution in [0.4, 0.5) is 0 Å². The van der Waals surface area contributed by atoms with Gasteiger partial charge in [-0.25, -0.2) is 0 Å². The SMILES string of the molecule is CCN(C)CCOc1ccc2c(c1)CC(C)(C(=O)c1cc3c(cc1C)C1CC1C=C3COC(C)C)CC2. The zero-order chi connectivity index (χ0) is 26.3. The zero-order valence-electron chi connectivity index (χ0n) is 23.5. The Morgan fingerprint density at radius 1 is 1.19 bits per heavy atom. The van der Waals surface area contributed by atoms with Gasteiger partial charge in [0.2, 0.25) is 0 Å². The van der Waals surface area contributed by atoms with Crippen LogP contribution in [0.25, 0.3) is 5.57 Å². The van der Waals surface area contributed by atoms with Crippen LogP contribution in [-0.2, 0) is 17.6 Å². The molecule has 0 amide bonds. The molecule has 3 atom stereocenters. The molecule has 2 aromatic carbocycles. The number of allylic oxidation sites excluding steroid dienone is 1. The molecule has 2 aromatic rings. The summed E-state index contributed by atoms with van der Waals surface area (Å²) in [5, 5.41) is 0. The van der Waals surface area contributed by atoms with Crippen molar-refractivity contribution >= 4 is 11.4 Å². The number of carbonyl (C=O) groups excluding carboxylic acids is 1. The maximum Gasteiger partial charge on any atom is 0.169 e. The van der Waals surface area contributed by atoms with E-state index >= 15 is 0 Å². The highest BCUT2D eigenvalue weighted by atomic mass is 16.5. The van der Waals surface area contributed by atoms with Crippen LogP contribution in [0, 0.1) is 18.3 Å². The van der Waals surface area contributed by atoms with E-state index in [2.05, 4.69) is 83.0 Å². The van der Waals surface area contributed by atoms with Crippen LogP contribution < -0.4 is 4.74 Å². The third kappa shape index (κ3) is 5.42. The van der Waals surface area contributed by atoms with E-state index in [1.807, 2.05) is 0 Å². The molecule has 0 radical (unpaired) electrons. The maximum absolute atomic E-state index is 14.2. The van der Waals surface area contributed by atoms with Gasteiger partial charge in [-0.15, -0.1) is 0 Å². The standard InChI is InChI=1S/C33H43NO3/c1-7-34(6)12-13-36-27-9-8-23-10-11-33(5,19-25(23)16-27)32(35)28-18-30-26(20-37-21(2)3)15-24-17-29(24)31(30)14-22(28)4/h8-9,14-16,18,21,24,29H,7,10-13,17,19-20H2,1-6H3. The summed E-state index contributed by atoms with van der Waals surface area (Å²) in [5.74, 6) is 2.44. The first-order chi connectivity index (χ1) is 17.7. The van der Waals surface area contributed by atoms with Crippen LogP contribution in [0.1, 0.15) is 84.6 Å². The Labute approximate surface area is 223 Å². The summed E-state index contributed by atoms with van der Waals surface area (Å²) in [4.78, 5) is 16.4. The van der Waals surface area contributed by atoms with Crippen LogP contribution in [0.3, 0.4) is 0 Å². The van der Waals surface area contributed by atoms with E-state index in [1.54, 1.807) is 0 Å². The van der Waals surface area contributed by atoms with Gasteiger partial charge < -0.3 is 14.4 Å². The Bertz CT molecular complexity index is 1210. The molecule has 0 bridgehead atoms. The highest BCUT2D eigenvalue weighted by Gasteiger charge is 2.43. The molecule has 3 aliphatic carbocycles. The molecule has 0 heterocycles. The summed E-state index contributed by atoms with van der Waals surface area (Å²) in [5.41, 5.74) is 8.10. The second kappa shape index (κ2) is 10.4. The Morgan fingerprint density at radius 3 is 2.76 bits per heavy atom. The van der Waals surface area contributed by atoms with Gasteiger partial charge in [-0.3, -0.25) is 4.79 Å². The van der Waals surface area contributed by atoms with Gasteiger partial charge in [0.05, 0.1) is 12.7 Å². The number of benzene rings is 2. The van der Waals surface area contributed by atoms with Gasteiger partial charge in [0, 0.05) is 17.5 Å². The minimum Gasteiger partial charge on any atom is -0.492 e. The second-order valence-electron chi connectivity index (χ2n) is 12.1. The number of Topliss-reactive ketones (excluding diaryl/α,β-unsaturated/α-hetero) is 1. The predicted octanol–water partition coefficient (Wildman–Crippen LogP) is 6.63. The lowest BCUT2D eigenvalue weighted by Crippen LogP contribution is -2.35. The Balaban J connectivity index is 1.37. The Morgan fingerprint density at radius 2 is 2.00 bits per heavy atom. The monoisotopic (exact) mass is 501 g/mol. The number of likely N-dealkylation sites (N-methyl/N-ethyl adjacent to an activating group) is 1. The van der Waals surface area contributed by atoms with E-state index in [9.17, 15) is 4.79 Å². The van der Waals surface area contributed by atoms with Crippen LogP contribution in [0.5, 0.6) is 5.75 Å². The van der Waals surface area contributed by atoms with Gasteiger partial charge >= 0.3 is 0 Å². The molecular weight excluding hydrogens is 458 g/mol. The number of hydrogen-bond donors (Lipinski definition) is 0. The summed E-state index contributed by atoms with van der Waals surface area (Å²) in [6.07, 6.45) is 6.37. The quantitative estimate of drug-likeness (QED) is 0.343. The van der Waals surface area contributed by atoms with Crippen molar-refractivity contribution in [2.45, 2.75) is 72.3 Å². The summed E-state index contributed by atoms with van der Waals surface area (Å²) in [6, 6.07) is 10.9. The first kappa shape index (κ1) is 26.2. The number of rotatable bonds is 10. The Kier molecular flexibility index (Phi) is 7.35.